The third kappa shape index (κ3) is 5.61. The van der Waals surface area contributed by atoms with E-state index in [1.165, 1.54) is 17.2 Å². The van der Waals surface area contributed by atoms with E-state index >= 15 is 0 Å². The first-order chi connectivity index (χ1) is 14.7. The van der Waals surface area contributed by atoms with Crippen molar-refractivity contribution in [3.05, 3.63) is 76.6 Å². The summed E-state index contributed by atoms with van der Waals surface area (Å²) >= 11 is 0. The third-order valence-corrected chi connectivity index (χ3v) is 7.18. The highest BCUT2D eigenvalue weighted by molar-refractivity contribution is 7.91. The smallest absolute Gasteiger partial charge is 0.224 e. The Hall–Kier alpha value is -2.93. The van der Waals surface area contributed by atoms with Crippen molar-refractivity contribution in [3.8, 4) is 0 Å². The van der Waals surface area contributed by atoms with Crippen molar-refractivity contribution in [2.24, 2.45) is 0 Å². The van der Waals surface area contributed by atoms with Gasteiger partial charge in [-0.25, -0.2) is 8.42 Å². The van der Waals surface area contributed by atoms with E-state index in [0.717, 1.165) is 17.0 Å². The van der Waals surface area contributed by atoms with E-state index in [-0.39, 0.29) is 16.6 Å². The lowest BCUT2D eigenvalue weighted by molar-refractivity contribution is -0.116. The van der Waals surface area contributed by atoms with Gasteiger partial charge < -0.3 is 5.32 Å². The molecule has 0 aliphatic carbocycles. The van der Waals surface area contributed by atoms with Gasteiger partial charge in [0, 0.05) is 17.8 Å². The molecule has 0 saturated carbocycles. The van der Waals surface area contributed by atoms with E-state index in [1.807, 2.05) is 18.5 Å². The number of benzene rings is 2. The molecular formula is C24H29N3O3S. The molecule has 1 heterocycles. The number of hydrogen-bond acceptors (Lipinski definition) is 4. The lowest BCUT2D eigenvalue weighted by Gasteiger charge is -2.08. The molecule has 1 aromatic heterocycles. The molecule has 0 radical (unpaired) electrons. The molecule has 3 rings (SSSR count). The van der Waals surface area contributed by atoms with Crippen molar-refractivity contribution >= 4 is 21.4 Å². The molecule has 0 unspecified atom stereocenters. The van der Waals surface area contributed by atoms with Crippen molar-refractivity contribution in [2.45, 2.75) is 52.0 Å². The Kier molecular flexibility index (Phi) is 6.95. The van der Waals surface area contributed by atoms with Crippen LogP contribution in [0.2, 0.25) is 0 Å². The molecule has 0 bridgehead atoms. The van der Waals surface area contributed by atoms with Crippen molar-refractivity contribution in [3.63, 3.8) is 0 Å². The van der Waals surface area contributed by atoms with Crippen molar-refractivity contribution in [2.75, 3.05) is 11.1 Å². The summed E-state index contributed by atoms with van der Waals surface area (Å²) in [6.07, 6.45) is 0.868. The van der Waals surface area contributed by atoms with Crippen LogP contribution in [-0.4, -0.2) is 29.9 Å². The SMILES string of the molecule is CCS(=O)(=O)c1cccc(NC(=O)CCc2c(C)nn(Cc3ccc(C)cc3)c2C)c1. The summed E-state index contributed by atoms with van der Waals surface area (Å²) < 4.78 is 26.1. The maximum atomic E-state index is 12.5. The molecule has 1 N–H and O–H groups in total. The summed E-state index contributed by atoms with van der Waals surface area (Å²) in [6.45, 7) is 8.35. The minimum absolute atomic E-state index is 0.0233. The Morgan fingerprint density at radius 3 is 2.45 bits per heavy atom. The van der Waals surface area contributed by atoms with Gasteiger partial charge in [0.05, 0.1) is 22.9 Å². The minimum Gasteiger partial charge on any atom is -0.326 e. The molecule has 6 nitrogen and oxygen atoms in total. The fraction of sp³-hybridized carbons (Fsp3) is 0.333. The van der Waals surface area contributed by atoms with Crippen molar-refractivity contribution in [1.29, 1.82) is 0 Å². The number of amides is 1. The van der Waals surface area contributed by atoms with Gasteiger partial charge in [-0.2, -0.15) is 5.10 Å². The van der Waals surface area contributed by atoms with Gasteiger partial charge in [0.25, 0.3) is 0 Å². The van der Waals surface area contributed by atoms with Crippen LogP contribution in [0.25, 0.3) is 0 Å². The van der Waals surface area contributed by atoms with Gasteiger partial charge in [-0.1, -0.05) is 42.8 Å². The summed E-state index contributed by atoms with van der Waals surface area (Å²) in [7, 11) is -3.31. The largest absolute Gasteiger partial charge is 0.326 e. The minimum atomic E-state index is -3.31. The van der Waals surface area contributed by atoms with Gasteiger partial charge in [-0.3, -0.25) is 9.48 Å². The predicted octanol–water partition coefficient (Wildman–Crippen LogP) is 4.22. The second kappa shape index (κ2) is 9.47. The molecule has 1 amide bonds. The molecule has 0 spiro atoms. The fourth-order valence-corrected chi connectivity index (χ4v) is 4.44. The van der Waals surface area contributed by atoms with Crippen LogP contribution in [0.4, 0.5) is 5.69 Å². The van der Waals surface area contributed by atoms with Gasteiger partial charge in [-0.15, -0.1) is 0 Å². The van der Waals surface area contributed by atoms with E-state index in [9.17, 15) is 13.2 Å². The summed E-state index contributed by atoms with van der Waals surface area (Å²) in [4.78, 5) is 12.7. The van der Waals surface area contributed by atoms with Gasteiger partial charge in [0.2, 0.25) is 5.91 Å². The highest BCUT2D eigenvalue weighted by Gasteiger charge is 2.15. The second-order valence-electron chi connectivity index (χ2n) is 7.77. The van der Waals surface area contributed by atoms with Gasteiger partial charge in [0.1, 0.15) is 0 Å². The first kappa shape index (κ1) is 22.7. The Morgan fingerprint density at radius 2 is 1.77 bits per heavy atom. The Morgan fingerprint density at radius 1 is 1.06 bits per heavy atom. The summed E-state index contributed by atoms with van der Waals surface area (Å²) in [6, 6.07) is 14.8. The molecule has 0 aliphatic rings. The monoisotopic (exact) mass is 439 g/mol. The molecule has 31 heavy (non-hydrogen) atoms. The van der Waals surface area contributed by atoms with E-state index in [0.29, 0.717) is 25.1 Å². The molecular weight excluding hydrogens is 410 g/mol. The van der Waals surface area contributed by atoms with Crippen LogP contribution in [0.15, 0.2) is 53.4 Å². The normalized spacial score (nSPS) is 11.5. The first-order valence-corrected chi connectivity index (χ1v) is 12.1. The number of aromatic nitrogens is 2. The predicted molar refractivity (Wildman–Crippen MR) is 123 cm³/mol. The number of nitrogens with one attached hydrogen (secondary N) is 1. The number of anilines is 1. The maximum Gasteiger partial charge on any atom is 0.224 e. The van der Waals surface area contributed by atoms with Gasteiger partial charge in [0.15, 0.2) is 9.84 Å². The van der Waals surface area contributed by atoms with Crippen LogP contribution in [0.1, 0.15) is 41.4 Å². The molecule has 3 aromatic rings. The highest BCUT2D eigenvalue weighted by Crippen LogP contribution is 2.19. The average Bonchev–Trinajstić information content (AvgIpc) is 3.01. The number of rotatable bonds is 8. The summed E-state index contributed by atoms with van der Waals surface area (Å²) in [5, 5.41) is 7.47. The van der Waals surface area contributed by atoms with E-state index < -0.39 is 9.84 Å². The zero-order valence-electron chi connectivity index (χ0n) is 18.5. The Balaban J connectivity index is 1.65. The number of nitrogens with zero attached hydrogens (tertiary/aromatic N) is 2. The molecule has 164 valence electrons. The van der Waals surface area contributed by atoms with Crippen LogP contribution in [0.5, 0.6) is 0 Å². The maximum absolute atomic E-state index is 12.5. The lowest BCUT2D eigenvalue weighted by Crippen LogP contribution is -2.13. The molecule has 0 fully saturated rings. The van der Waals surface area contributed by atoms with E-state index in [1.54, 1.807) is 25.1 Å². The van der Waals surface area contributed by atoms with Crippen LogP contribution < -0.4 is 5.32 Å². The standard InChI is InChI=1S/C24H29N3O3S/c1-5-31(29,30)22-8-6-7-21(15-22)25-24(28)14-13-23-18(3)26-27(19(23)4)16-20-11-9-17(2)10-12-20/h6-12,15H,5,13-14,16H2,1-4H3,(H,25,28). The first-order valence-electron chi connectivity index (χ1n) is 10.4. The van der Waals surface area contributed by atoms with E-state index in [4.69, 9.17) is 0 Å². The molecule has 7 heteroatoms. The molecule has 0 saturated heterocycles. The average molecular weight is 440 g/mol. The van der Waals surface area contributed by atoms with Crippen molar-refractivity contribution in [1.82, 2.24) is 9.78 Å². The van der Waals surface area contributed by atoms with E-state index in [2.05, 4.69) is 41.6 Å². The summed E-state index contributed by atoms with van der Waals surface area (Å²) in [5.41, 5.74) is 5.95. The quantitative estimate of drug-likeness (QED) is 0.570. The number of aryl methyl sites for hydroxylation is 2. The Labute approximate surface area is 184 Å². The van der Waals surface area contributed by atoms with Crippen molar-refractivity contribution < 1.29 is 13.2 Å². The molecule has 2 aromatic carbocycles. The van der Waals surface area contributed by atoms with Crippen LogP contribution in [-0.2, 0) is 27.6 Å². The van der Waals surface area contributed by atoms with Gasteiger partial charge >= 0.3 is 0 Å². The van der Waals surface area contributed by atoms with Gasteiger partial charge in [-0.05, 0) is 56.5 Å². The third-order valence-electron chi connectivity index (χ3n) is 5.44. The number of hydrogen-bond donors (Lipinski definition) is 1. The molecule has 0 aliphatic heterocycles. The zero-order valence-corrected chi connectivity index (χ0v) is 19.3. The summed E-state index contributed by atoms with van der Waals surface area (Å²) in [5.74, 6) is -0.133. The van der Waals surface area contributed by atoms with Crippen LogP contribution >= 0.6 is 0 Å². The zero-order chi connectivity index (χ0) is 22.6. The Bertz CT molecular complexity index is 1180. The number of carbonyl (C=O) groups is 1. The highest BCUT2D eigenvalue weighted by atomic mass is 32.2. The topological polar surface area (TPSA) is 81.1 Å². The van der Waals surface area contributed by atoms with Crippen LogP contribution in [0.3, 0.4) is 0 Å². The number of carbonyl (C=O) groups excluding carboxylic acids is 1. The number of sulfone groups is 1. The second-order valence-corrected chi connectivity index (χ2v) is 10.1. The molecule has 0 atom stereocenters. The van der Waals surface area contributed by atoms with Crippen LogP contribution in [0, 0.1) is 20.8 Å². The fourth-order valence-electron chi connectivity index (χ4n) is 3.51. The lowest BCUT2D eigenvalue weighted by atomic mass is 10.1.